The van der Waals surface area contributed by atoms with Gasteiger partial charge in [0, 0.05) is 18.0 Å². The number of rotatable bonds is 6. The first-order chi connectivity index (χ1) is 14.2. The Balaban J connectivity index is 1.95. The molecule has 2 amide bonds. The van der Waals surface area contributed by atoms with Crippen LogP contribution in [-0.2, 0) is 9.59 Å². The normalized spacial score (nSPS) is 18.6. The van der Waals surface area contributed by atoms with E-state index in [-0.39, 0.29) is 22.5 Å². The molecule has 0 radical (unpaired) electrons. The van der Waals surface area contributed by atoms with Crippen molar-refractivity contribution in [3.05, 3.63) is 47.0 Å². The first-order valence-electron chi connectivity index (χ1n) is 10.1. The van der Waals surface area contributed by atoms with E-state index in [9.17, 15) is 9.59 Å². The van der Waals surface area contributed by atoms with Gasteiger partial charge in [-0.15, -0.1) is 0 Å². The van der Waals surface area contributed by atoms with Crippen molar-refractivity contribution in [3.8, 4) is 0 Å². The number of anilines is 1. The van der Waals surface area contributed by atoms with Crippen molar-refractivity contribution >= 4 is 46.6 Å². The van der Waals surface area contributed by atoms with Crippen LogP contribution in [0.3, 0.4) is 0 Å². The van der Waals surface area contributed by atoms with Crippen molar-refractivity contribution < 1.29 is 14.1 Å². The van der Waals surface area contributed by atoms with Gasteiger partial charge in [-0.05, 0) is 50.4 Å². The molecule has 0 spiro atoms. The Kier molecular flexibility index (Phi) is 6.69. The Bertz CT molecular complexity index is 905. The molecule has 0 aromatic heterocycles. The number of hydrogen-bond donors (Lipinski definition) is 0. The number of para-hydroxylation sites is 1. The van der Waals surface area contributed by atoms with Crippen molar-refractivity contribution in [2.45, 2.75) is 18.7 Å². The van der Waals surface area contributed by atoms with Gasteiger partial charge in [-0.3, -0.25) is 19.4 Å². The summed E-state index contributed by atoms with van der Waals surface area (Å²) in [4.78, 5) is 32.1. The third-order valence-corrected chi connectivity index (χ3v) is 6.64. The van der Waals surface area contributed by atoms with Crippen LogP contribution in [0.4, 0.5) is 5.69 Å². The Morgan fingerprint density at radius 3 is 2.13 bits per heavy atom. The van der Waals surface area contributed by atoms with E-state index in [4.69, 9.17) is 12.2 Å². The van der Waals surface area contributed by atoms with Crippen LogP contribution in [0.1, 0.15) is 13.8 Å². The Labute approximate surface area is 188 Å². The highest BCUT2D eigenvalue weighted by atomic mass is 32.2. The van der Waals surface area contributed by atoms with E-state index in [0.717, 1.165) is 28.3 Å². The van der Waals surface area contributed by atoms with Gasteiger partial charge in [0.25, 0.3) is 11.8 Å². The fourth-order valence-electron chi connectivity index (χ4n) is 3.36. The number of carbonyl (C=O) groups is 2. The van der Waals surface area contributed by atoms with Crippen LogP contribution < -0.4 is 4.90 Å². The number of thioether (sulfide) groups is 1. The smallest absolute Gasteiger partial charge is 0.265 e. The average molecular weight is 446 g/mol. The quantitative estimate of drug-likeness (QED) is 0.291. The topological polar surface area (TPSA) is 43.9 Å². The van der Waals surface area contributed by atoms with Gasteiger partial charge in [0.15, 0.2) is 5.11 Å². The molecule has 0 N–H and O–H groups in total. The fourth-order valence-corrected chi connectivity index (χ4v) is 4.88. The molecule has 1 fully saturated rings. The highest BCUT2D eigenvalue weighted by Gasteiger charge is 2.37. The second kappa shape index (κ2) is 8.91. The van der Waals surface area contributed by atoms with Crippen molar-refractivity contribution in [1.82, 2.24) is 9.80 Å². The average Bonchev–Trinajstić information content (AvgIpc) is 3.04. The summed E-state index contributed by atoms with van der Waals surface area (Å²) in [6.45, 7) is 6.40. The molecular weight excluding hydrogens is 416 g/mol. The molecule has 0 saturated carbocycles. The summed E-state index contributed by atoms with van der Waals surface area (Å²) in [7, 11) is 6.50. The Morgan fingerprint density at radius 1 is 0.967 bits per heavy atom. The van der Waals surface area contributed by atoms with E-state index in [1.54, 1.807) is 17.8 Å². The second-order valence-electron chi connectivity index (χ2n) is 8.20. The Hall–Kier alpha value is -2.16. The molecule has 0 aliphatic carbocycles. The number of benzene rings is 1. The van der Waals surface area contributed by atoms with Crippen molar-refractivity contribution in [2.75, 3.05) is 52.2 Å². The third-order valence-electron chi connectivity index (χ3n) is 5.07. The summed E-state index contributed by atoms with van der Waals surface area (Å²) < 4.78 is 0.850. The minimum atomic E-state index is -0.326. The zero-order valence-corrected chi connectivity index (χ0v) is 19.8. The molecule has 0 atom stereocenters. The maximum Gasteiger partial charge on any atom is 0.265 e. The maximum atomic E-state index is 12.9. The molecule has 0 bridgehead atoms. The fraction of sp³-hybridized carbons (Fsp3) is 0.409. The monoisotopic (exact) mass is 445 g/mol. The summed E-state index contributed by atoms with van der Waals surface area (Å²) in [5.41, 5.74) is 1.32. The highest BCUT2D eigenvalue weighted by Crippen LogP contribution is 2.45. The lowest BCUT2D eigenvalue weighted by Gasteiger charge is -2.35. The van der Waals surface area contributed by atoms with Crippen LogP contribution in [0.15, 0.2) is 51.9 Å². The number of amides is 2. The predicted octanol–water partition coefficient (Wildman–Crippen LogP) is 3.07. The van der Waals surface area contributed by atoms with E-state index in [1.807, 2.05) is 32.1 Å². The summed E-state index contributed by atoms with van der Waals surface area (Å²) >= 11 is 6.99. The molecule has 2 heterocycles. The van der Waals surface area contributed by atoms with Gasteiger partial charge >= 0.3 is 0 Å². The van der Waals surface area contributed by atoms with Gasteiger partial charge in [0.2, 0.25) is 0 Å². The van der Waals surface area contributed by atoms with Gasteiger partial charge in [0.1, 0.15) is 5.57 Å². The number of hydrogen-bond acceptors (Lipinski definition) is 5. The maximum absolute atomic E-state index is 12.9. The number of nitrogens with zero attached hydrogens (tertiary/aromatic N) is 4. The van der Waals surface area contributed by atoms with E-state index in [2.05, 4.69) is 38.2 Å². The lowest BCUT2D eigenvalue weighted by Crippen LogP contribution is -2.55. The molecule has 1 saturated heterocycles. The summed E-state index contributed by atoms with van der Waals surface area (Å²) in [5.74, 6) is -0.653. The van der Waals surface area contributed by atoms with E-state index in [0.29, 0.717) is 13.1 Å². The number of carbonyl (C=O) groups excluding carboxylic acids is 2. The van der Waals surface area contributed by atoms with E-state index in [1.165, 1.54) is 14.7 Å². The van der Waals surface area contributed by atoms with Crippen LogP contribution in [0.5, 0.6) is 0 Å². The first kappa shape index (κ1) is 22.5. The molecule has 3 rings (SSSR count). The van der Waals surface area contributed by atoms with E-state index >= 15 is 0 Å². The molecule has 2 aliphatic heterocycles. The first-order valence-corrected chi connectivity index (χ1v) is 11.3. The standard InChI is InChI=1S/C22H29N4O2S2/c1-6-23-20(27)16(21(28)24(7-2)22(23)29)12-13-19-25(14-15-26(3,4)5)17-10-8-9-11-18(17)30-19/h8-13H,6-7,14-15H2,1-5H3/q+1. The molecule has 1 aromatic rings. The van der Waals surface area contributed by atoms with Crippen LogP contribution in [-0.4, -0.2) is 78.5 Å². The lowest BCUT2D eigenvalue weighted by atomic mass is 10.1. The molecule has 1 aromatic carbocycles. The summed E-state index contributed by atoms with van der Waals surface area (Å²) in [6, 6.07) is 8.27. The minimum absolute atomic E-state index is 0.155. The van der Waals surface area contributed by atoms with Gasteiger partial charge in [-0.1, -0.05) is 23.9 Å². The van der Waals surface area contributed by atoms with Gasteiger partial charge in [-0.25, -0.2) is 0 Å². The number of thiocarbonyl (C=S) groups is 1. The SMILES string of the molecule is CCN1C(=O)C(=CC=C2Sc3ccccc3N2CC[N+](C)(C)C)C(=O)N(CC)C1=S. The second-order valence-corrected chi connectivity index (χ2v) is 9.63. The van der Waals surface area contributed by atoms with Gasteiger partial charge in [-0.2, -0.15) is 0 Å². The van der Waals surface area contributed by atoms with Crippen molar-refractivity contribution in [1.29, 1.82) is 0 Å². The molecule has 30 heavy (non-hydrogen) atoms. The largest absolute Gasteiger partial charge is 0.329 e. The number of likely N-dealkylation sites (N-methyl/N-ethyl adjacent to an activating group) is 3. The van der Waals surface area contributed by atoms with Crippen molar-refractivity contribution in [2.24, 2.45) is 0 Å². The number of fused-ring (bicyclic) bond motifs is 1. The van der Waals surface area contributed by atoms with Gasteiger partial charge < -0.3 is 9.38 Å². The lowest BCUT2D eigenvalue weighted by molar-refractivity contribution is -0.868. The summed E-state index contributed by atoms with van der Waals surface area (Å²) in [5, 5.41) is 1.30. The minimum Gasteiger partial charge on any atom is -0.329 e. The van der Waals surface area contributed by atoms with Crippen LogP contribution in [0.2, 0.25) is 0 Å². The molecule has 2 aliphatic rings. The predicted molar refractivity (Wildman–Crippen MR) is 126 cm³/mol. The van der Waals surface area contributed by atoms with Crippen LogP contribution >= 0.6 is 24.0 Å². The van der Waals surface area contributed by atoms with Crippen molar-refractivity contribution in [3.63, 3.8) is 0 Å². The molecule has 160 valence electrons. The molecular formula is C22H29N4O2S2+. The zero-order valence-electron chi connectivity index (χ0n) is 18.2. The summed E-state index contributed by atoms with van der Waals surface area (Å²) in [6.07, 6.45) is 3.55. The zero-order chi connectivity index (χ0) is 22.1. The van der Waals surface area contributed by atoms with Crippen LogP contribution in [0, 0.1) is 0 Å². The Morgan fingerprint density at radius 2 is 1.57 bits per heavy atom. The van der Waals surface area contributed by atoms with Gasteiger partial charge in [0.05, 0.1) is 44.9 Å². The van der Waals surface area contributed by atoms with Crippen LogP contribution in [0.25, 0.3) is 0 Å². The third kappa shape index (κ3) is 4.45. The molecule has 0 unspecified atom stereocenters. The van der Waals surface area contributed by atoms with E-state index < -0.39 is 0 Å². The highest BCUT2D eigenvalue weighted by molar-refractivity contribution is 8.03. The molecule has 6 nitrogen and oxygen atoms in total. The number of quaternary nitrogens is 1. The number of allylic oxidation sites excluding steroid dienone is 2. The molecule has 8 heteroatoms.